The second kappa shape index (κ2) is 6.67. The summed E-state index contributed by atoms with van der Waals surface area (Å²) < 4.78 is 28.4. The van der Waals surface area contributed by atoms with Crippen molar-refractivity contribution in [1.29, 1.82) is 0 Å². The normalized spacial score (nSPS) is 30.8. The lowest BCUT2D eigenvalue weighted by atomic mass is 9.62. The molecule has 0 unspecified atom stereocenters. The van der Waals surface area contributed by atoms with Gasteiger partial charge in [-0.05, 0) is 69.1 Å². The Balaban J connectivity index is 1.50. The number of rotatable bonds is 3. The van der Waals surface area contributed by atoms with E-state index >= 15 is 0 Å². The smallest absolute Gasteiger partial charge is 0.243 e. The van der Waals surface area contributed by atoms with Crippen LogP contribution in [0.5, 0.6) is 0 Å². The summed E-state index contributed by atoms with van der Waals surface area (Å²) in [5.41, 5.74) is 3.27. The zero-order valence-corrected chi connectivity index (χ0v) is 19.1. The van der Waals surface area contributed by atoms with Gasteiger partial charge in [-0.15, -0.1) is 0 Å². The molecule has 2 heterocycles. The van der Waals surface area contributed by atoms with E-state index in [0.29, 0.717) is 18.0 Å². The van der Waals surface area contributed by atoms with E-state index in [1.807, 2.05) is 24.0 Å². The minimum Gasteiger partial charge on any atom is -0.342 e. The molecule has 4 aliphatic rings. The fourth-order valence-corrected chi connectivity index (χ4v) is 7.94. The lowest BCUT2D eigenvalue weighted by molar-refractivity contribution is -0.136. The van der Waals surface area contributed by atoms with Crippen molar-refractivity contribution in [3.63, 3.8) is 0 Å². The largest absolute Gasteiger partial charge is 0.342 e. The Kier molecular flexibility index (Phi) is 4.50. The fourth-order valence-electron chi connectivity index (χ4n) is 6.41. The lowest BCUT2D eigenvalue weighted by Crippen LogP contribution is -2.44. The third-order valence-corrected chi connectivity index (χ3v) is 9.87. The molecule has 162 valence electrons. The molecular formula is C24H32N2O3S. The van der Waals surface area contributed by atoms with Crippen molar-refractivity contribution in [1.82, 2.24) is 9.21 Å². The van der Waals surface area contributed by atoms with E-state index in [1.54, 1.807) is 16.4 Å². The number of hydrogen-bond acceptors (Lipinski definition) is 3. The van der Waals surface area contributed by atoms with Gasteiger partial charge in [0.2, 0.25) is 15.9 Å². The van der Waals surface area contributed by atoms with E-state index in [2.05, 4.69) is 13.8 Å². The Bertz CT molecular complexity index is 1020. The molecule has 0 aromatic heterocycles. The molecule has 2 atom stereocenters. The maximum atomic E-state index is 13.5. The number of carbonyl (C=O) groups excluding carboxylic acids is 1. The molecule has 1 amide bonds. The van der Waals surface area contributed by atoms with Crippen molar-refractivity contribution in [2.75, 3.05) is 26.2 Å². The van der Waals surface area contributed by atoms with Crippen LogP contribution in [0.15, 0.2) is 40.3 Å². The van der Waals surface area contributed by atoms with Gasteiger partial charge in [-0.2, -0.15) is 4.31 Å². The van der Waals surface area contributed by atoms with Crippen molar-refractivity contribution in [3.8, 4) is 0 Å². The van der Waals surface area contributed by atoms with E-state index < -0.39 is 10.0 Å². The second-order valence-electron chi connectivity index (χ2n) is 10.3. The second-order valence-corrected chi connectivity index (χ2v) is 12.3. The van der Waals surface area contributed by atoms with Gasteiger partial charge in [0.1, 0.15) is 0 Å². The molecule has 0 radical (unpaired) electrons. The molecular weight excluding hydrogens is 396 g/mol. The Morgan fingerprint density at radius 1 is 1.07 bits per heavy atom. The first-order valence-electron chi connectivity index (χ1n) is 11.2. The van der Waals surface area contributed by atoms with Gasteiger partial charge in [0, 0.05) is 31.6 Å². The van der Waals surface area contributed by atoms with Crippen molar-refractivity contribution in [2.45, 2.75) is 57.8 Å². The summed E-state index contributed by atoms with van der Waals surface area (Å²) in [4.78, 5) is 15.9. The molecule has 1 aromatic rings. The Hall–Kier alpha value is -1.66. The van der Waals surface area contributed by atoms with E-state index in [4.69, 9.17) is 0 Å². The van der Waals surface area contributed by atoms with E-state index in [0.717, 1.165) is 56.3 Å². The van der Waals surface area contributed by atoms with Crippen LogP contribution in [0.2, 0.25) is 0 Å². The molecule has 1 saturated carbocycles. The average molecular weight is 429 g/mol. The maximum Gasteiger partial charge on any atom is 0.243 e. The molecule has 5 rings (SSSR count). The topological polar surface area (TPSA) is 57.7 Å². The summed E-state index contributed by atoms with van der Waals surface area (Å²) in [7, 11) is -3.54. The third-order valence-electron chi connectivity index (χ3n) is 8.07. The van der Waals surface area contributed by atoms with E-state index in [1.165, 1.54) is 5.57 Å². The van der Waals surface area contributed by atoms with Crippen molar-refractivity contribution in [2.24, 2.45) is 16.7 Å². The van der Waals surface area contributed by atoms with Crippen LogP contribution in [0, 0.1) is 23.7 Å². The van der Waals surface area contributed by atoms with Crippen molar-refractivity contribution >= 4 is 15.9 Å². The van der Waals surface area contributed by atoms with Crippen LogP contribution in [-0.2, 0) is 14.8 Å². The van der Waals surface area contributed by atoms with Crippen LogP contribution >= 0.6 is 0 Å². The zero-order chi connectivity index (χ0) is 21.3. The number of likely N-dealkylation sites (tertiary alicyclic amines) is 1. The van der Waals surface area contributed by atoms with Gasteiger partial charge in [-0.1, -0.05) is 30.2 Å². The minimum atomic E-state index is -3.54. The molecule has 1 aromatic carbocycles. The van der Waals surface area contributed by atoms with Crippen molar-refractivity contribution < 1.29 is 13.2 Å². The van der Waals surface area contributed by atoms with Gasteiger partial charge in [0.25, 0.3) is 0 Å². The predicted octanol–water partition coefficient (Wildman–Crippen LogP) is 3.74. The molecule has 5 nitrogen and oxygen atoms in total. The highest BCUT2D eigenvalue weighted by molar-refractivity contribution is 7.89. The number of benzene rings is 1. The number of hydrogen-bond donors (Lipinski definition) is 0. The number of sulfonamides is 1. The molecule has 2 aliphatic carbocycles. The Labute approximate surface area is 180 Å². The fraction of sp³-hybridized carbons (Fsp3) is 0.625. The molecule has 2 saturated heterocycles. The minimum absolute atomic E-state index is 0.0473. The van der Waals surface area contributed by atoms with Gasteiger partial charge >= 0.3 is 0 Å². The van der Waals surface area contributed by atoms with Crippen LogP contribution in [0.25, 0.3) is 0 Å². The molecule has 1 spiro atoms. The highest BCUT2D eigenvalue weighted by Gasteiger charge is 2.62. The number of nitrogens with zero attached hydrogens (tertiary/aromatic N) is 2. The van der Waals surface area contributed by atoms with E-state index in [-0.39, 0.29) is 22.7 Å². The summed E-state index contributed by atoms with van der Waals surface area (Å²) in [5, 5.41) is 0. The van der Waals surface area contributed by atoms with Gasteiger partial charge < -0.3 is 4.90 Å². The standard InChI is InChI=1S/C24H32N2O3S/c1-17-6-8-19(9-7-17)30(28,29)26-14-20-18(2)21(22(27)25-12-4-5-13-25)24(10-11-24)15-23(20,3)16-26/h6-9,21H,4-5,10-16H2,1-3H3/t21-,23-/m1/s1. The number of fused-ring (bicyclic) bond motifs is 1. The SMILES string of the molecule is CC1=C2CN(S(=O)(=O)c3ccc(C)cc3)C[C@@]2(C)CC2(CC2)[C@H]1C(=O)N1CCCC1. The first-order chi connectivity index (χ1) is 14.2. The van der Waals surface area contributed by atoms with Crippen LogP contribution in [0.3, 0.4) is 0 Å². The molecule has 2 aliphatic heterocycles. The number of amides is 1. The van der Waals surface area contributed by atoms with Crippen LogP contribution in [0.4, 0.5) is 0 Å². The molecule has 0 N–H and O–H groups in total. The summed E-state index contributed by atoms with van der Waals surface area (Å²) in [5.74, 6) is 0.234. The summed E-state index contributed by atoms with van der Waals surface area (Å²) in [6, 6.07) is 7.12. The first kappa shape index (κ1) is 20.3. The predicted molar refractivity (Wildman–Crippen MR) is 116 cm³/mol. The van der Waals surface area contributed by atoms with Crippen LogP contribution < -0.4 is 0 Å². The molecule has 6 heteroatoms. The van der Waals surface area contributed by atoms with Gasteiger partial charge in [0.05, 0.1) is 10.8 Å². The monoisotopic (exact) mass is 428 g/mol. The first-order valence-corrected chi connectivity index (χ1v) is 12.7. The highest BCUT2D eigenvalue weighted by atomic mass is 32.2. The maximum absolute atomic E-state index is 13.5. The highest BCUT2D eigenvalue weighted by Crippen LogP contribution is 2.67. The third kappa shape index (κ3) is 2.98. The van der Waals surface area contributed by atoms with E-state index in [9.17, 15) is 13.2 Å². The van der Waals surface area contributed by atoms with Crippen molar-refractivity contribution in [3.05, 3.63) is 41.0 Å². The quantitative estimate of drug-likeness (QED) is 0.689. The summed E-state index contributed by atoms with van der Waals surface area (Å²) in [6.07, 6.45) is 5.30. The Morgan fingerprint density at radius 2 is 1.70 bits per heavy atom. The Morgan fingerprint density at radius 3 is 2.30 bits per heavy atom. The average Bonchev–Trinajstić information content (AvgIpc) is 3.10. The lowest BCUT2D eigenvalue weighted by Gasteiger charge is -2.43. The molecule has 30 heavy (non-hydrogen) atoms. The molecule has 0 bridgehead atoms. The van der Waals surface area contributed by atoms with Crippen LogP contribution in [-0.4, -0.2) is 49.7 Å². The van der Waals surface area contributed by atoms with Gasteiger partial charge in [-0.25, -0.2) is 8.42 Å². The number of carbonyl (C=O) groups is 1. The van der Waals surface area contributed by atoms with Gasteiger partial charge in [0.15, 0.2) is 0 Å². The van der Waals surface area contributed by atoms with Crippen LogP contribution in [0.1, 0.15) is 51.5 Å². The summed E-state index contributed by atoms with van der Waals surface area (Å²) in [6.45, 7) is 8.96. The molecule has 3 fully saturated rings. The number of aryl methyl sites for hydroxylation is 1. The summed E-state index contributed by atoms with van der Waals surface area (Å²) >= 11 is 0. The van der Waals surface area contributed by atoms with Gasteiger partial charge in [-0.3, -0.25) is 4.79 Å². The zero-order valence-electron chi connectivity index (χ0n) is 18.3.